The topological polar surface area (TPSA) is 46.2 Å². The van der Waals surface area contributed by atoms with E-state index in [4.69, 9.17) is 36.9 Å². The third kappa shape index (κ3) is 7.06. The molecule has 0 bridgehead atoms. The van der Waals surface area contributed by atoms with Gasteiger partial charge in [-0.05, 0) is 43.4 Å². The summed E-state index contributed by atoms with van der Waals surface area (Å²) in [5.41, 5.74) is 1.04. The summed E-state index contributed by atoms with van der Waals surface area (Å²) in [5.74, 6) is 0.0938. The minimum absolute atomic E-state index is 0.0938. The van der Waals surface area contributed by atoms with Gasteiger partial charge in [0.1, 0.15) is 0 Å². The molecule has 0 saturated carbocycles. The van der Waals surface area contributed by atoms with Gasteiger partial charge < -0.3 is 9.47 Å². The summed E-state index contributed by atoms with van der Waals surface area (Å²) >= 11 is 12.9. The summed E-state index contributed by atoms with van der Waals surface area (Å²) in [7, 11) is 1.42. The van der Waals surface area contributed by atoms with Crippen LogP contribution in [0.1, 0.15) is 37.2 Å². The Morgan fingerprint density at radius 1 is 1.29 bits per heavy atom. The van der Waals surface area contributed by atoms with Gasteiger partial charge in [-0.15, -0.1) is 4.33 Å². The Bertz CT molecular complexity index is 486. The SMILES string of the molecule is COOSOCC(CCOC1CCCCO1)c1ccc(Cl)c(Cl)c1. The molecule has 1 aromatic rings. The Hall–Kier alpha value is -0.0500. The summed E-state index contributed by atoms with van der Waals surface area (Å²) in [6.45, 7) is 1.78. The van der Waals surface area contributed by atoms with Crippen molar-refractivity contribution in [1.82, 2.24) is 0 Å². The smallest absolute Gasteiger partial charge is 0.194 e. The highest BCUT2D eigenvalue weighted by Crippen LogP contribution is 2.29. The lowest BCUT2D eigenvalue weighted by Crippen LogP contribution is -2.23. The average molecular weight is 397 g/mol. The van der Waals surface area contributed by atoms with Crippen molar-refractivity contribution in [3.05, 3.63) is 33.8 Å². The zero-order valence-corrected chi connectivity index (χ0v) is 15.9. The summed E-state index contributed by atoms with van der Waals surface area (Å²) < 4.78 is 21.5. The first kappa shape index (κ1) is 20.3. The van der Waals surface area contributed by atoms with Crippen molar-refractivity contribution in [3.63, 3.8) is 0 Å². The molecular formula is C16H22Cl2O5S. The van der Waals surface area contributed by atoms with E-state index in [2.05, 4.69) is 9.22 Å². The first-order chi connectivity index (χ1) is 11.7. The Kier molecular flexibility index (Phi) is 9.75. The second kappa shape index (κ2) is 11.5. The van der Waals surface area contributed by atoms with Crippen LogP contribution in [-0.2, 0) is 22.9 Å². The molecule has 8 heteroatoms. The van der Waals surface area contributed by atoms with Gasteiger partial charge in [-0.3, -0.25) is 4.18 Å². The number of halogens is 2. The first-order valence-electron chi connectivity index (χ1n) is 7.88. The lowest BCUT2D eigenvalue weighted by molar-refractivity contribution is -0.167. The van der Waals surface area contributed by atoms with Crippen molar-refractivity contribution < 1.29 is 22.9 Å². The van der Waals surface area contributed by atoms with Crippen molar-refractivity contribution in [3.8, 4) is 0 Å². The second-order valence-electron chi connectivity index (χ2n) is 5.41. The van der Waals surface area contributed by atoms with Gasteiger partial charge in [0.25, 0.3) is 0 Å². The van der Waals surface area contributed by atoms with Crippen LogP contribution in [0, 0.1) is 0 Å². The molecule has 136 valence electrons. The highest BCUT2D eigenvalue weighted by Gasteiger charge is 2.18. The molecule has 1 heterocycles. The number of hydrogen-bond donors (Lipinski definition) is 0. The van der Waals surface area contributed by atoms with E-state index in [1.807, 2.05) is 12.1 Å². The van der Waals surface area contributed by atoms with Gasteiger partial charge in [0.05, 0.1) is 30.4 Å². The van der Waals surface area contributed by atoms with Crippen LogP contribution in [0.3, 0.4) is 0 Å². The highest BCUT2D eigenvalue weighted by atomic mass is 35.5. The fourth-order valence-corrected chi connectivity index (χ4v) is 3.08. The number of rotatable bonds is 10. The molecule has 2 rings (SSSR count). The molecule has 2 unspecified atom stereocenters. The van der Waals surface area contributed by atoms with Crippen molar-refractivity contribution in [1.29, 1.82) is 0 Å². The first-order valence-corrected chi connectivity index (χ1v) is 9.30. The van der Waals surface area contributed by atoms with E-state index >= 15 is 0 Å². The fourth-order valence-electron chi connectivity index (χ4n) is 2.45. The van der Waals surface area contributed by atoms with E-state index in [1.54, 1.807) is 6.07 Å². The normalized spacial score (nSPS) is 19.4. The van der Waals surface area contributed by atoms with Gasteiger partial charge in [-0.2, -0.15) is 0 Å². The molecule has 5 nitrogen and oxygen atoms in total. The fraction of sp³-hybridized carbons (Fsp3) is 0.625. The predicted molar refractivity (Wildman–Crippen MR) is 95.0 cm³/mol. The Morgan fingerprint density at radius 3 is 2.88 bits per heavy atom. The summed E-state index contributed by atoms with van der Waals surface area (Å²) in [6.07, 6.45) is 3.88. The third-order valence-corrected chi connectivity index (χ3v) is 4.90. The molecule has 1 aliphatic rings. The van der Waals surface area contributed by atoms with Crippen LogP contribution in [0.25, 0.3) is 0 Å². The largest absolute Gasteiger partial charge is 0.353 e. The minimum Gasteiger partial charge on any atom is -0.353 e. The molecule has 0 spiro atoms. The van der Waals surface area contributed by atoms with Gasteiger partial charge in [-0.25, -0.2) is 4.89 Å². The molecule has 1 fully saturated rings. The van der Waals surface area contributed by atoms with E-state index in [-0.39, 0.29) is 12.2 Å². The molecule has 0 amide bonds. The monoisotopic (exact) mass is 396 g/mol. The Balaban J connectivity index is 1.87. The lowest BCUT2D eigenvalue weighted by atomic mass is 9.97. The number of benzene rings is 1. The molecule has 1 saturated heterocycles. The van der Waals surface area contributed by atoms with Crippen LogP contribution in [0.4, 0.5) is 0 Å². The molecule has 0 N–H and O–H groups in total. The number of ether oxygens (including phenoxy) is 2. The number of hydrogen-bond acceptors (Lipinski definition) is 6. The zero-order chi connectivity index (χ0) is 17.2. The zero-order valence-electron chi connectivity index (χ0n) is 13.5. The van der Waals surface area contributed by atoms with E-state index in [1.165, 1.54) is 7.11 Å². The van der Waals surface area contributed by atoms with E-state index in [0.717, 1.165) is 50.2 Å². The van der Waals surface area contributed by atoms with E-state index in [9.17, 15) is 0 Å². The molecular weight excluding hydrogens is 375 g/mol. The van der Waals surface area contributed by atoms with Gasteiger partial charge in [0, 0.05) is 12.5 Å². The van der Waals surface area contributed by atoms with Crippen LogP contribution in [-0.4, -0.2) is 33.2 Å². The van der Waals surface area contributed by atoms with Gasteiger partial charge in [0.15, 0.2) is 18.6 Å². The maximum Gasteiger partial charge on any atom is 0.194 e. The van der Waals surface area contributed by atoms with Gasteiger partial charge in [0.2, 0.25) is 0 Å². The molecule has 0 aliphatic carbocycles. The van der Waals surface area contributed by atoms with Crippen LogP contribution < -0.4 is 0 Å². The minimum atomic E-state index is -0.0969. The standard InChI is InChI=1S/C16H22Cl2O5S/c1-19-23-24-22-11-13(12-5-6-14(17)15(18)10-12)7-9-21-16-4-2-3-8-20-16/h5-6,10,13,16H,2-4,7-9,11H2,1H3. The Morgan fingerprint density at radius 2 is 2.17 bits per heavy atom. The molecule has 1 aromatic carbocycles. The third-order valence-electron chi connectivity index (χ3n) is 3.74. The second-order valence-corrected chi connectivity index (χ2v) is 6.74. The van der Waals surface area contributed by atoms with Crippen LogP contribution in [0.15, 0.2) is 18.2 Å². The van der Waals surface area contributed by atoms with Crippen LogP contribution in [0.2, 0.25) is 10.0 Å². The Labute approximate surface area is 157 Å². The predicted octanol–water partition coefficient (Wildman–Crippen LogP) is 5.17. The quantitative estimate of drug-likeness (QED) is 0.235. The van der Waals surface area contributed by atoms with Crippen molar-refractivity contribution in [2.45, 2.75) is 37.9 Å². The van der Waals surface area contributed by atoms with E-state index in [0.29, 0.717) is 23.3 Å². The van der Waals surface area contributed by atoms with Gasteiger partial charge in [-0.1, -0.05) is 29.3 Å². The summed E-state index contributed by atoms with van der Waals surface area (Å²) in [5, 5.41) is 1.06. The highest BCUT2D eigenvalue weighted by molar-refractivity contribution is 7.89. The van der Waals surface area contributed by atoms with E-state index < -0.39 is 0 Å². The molecule has 1 aliphatic heterocycles. The van der Waals surface area contributed by atoms with Crippen LogP contribution in [0.5, 0.6) is 0 Å². The van der Waals surface area contributed by atoms with Crippen molar-refractivity contribution in [2.75, 3.05) is 26.9 Å². The summed E-state index contributed by atoms with van der Waals surface area (Å²) in [4.78, 5) is 4.48. The average Bonchev–Trinajstić information content (AvgIpc) is 2.60. The van der Waals surface area contributed by atoms with Crippen molar-refractivity contribution >= 4 is 35.5 Å². The van der Waals surface area contributed by atoms with Crippen LogP contribution >= 0.6 is 35.5 Å². The molecule has 0 aromatic heterocycles. The maximum absolute atomic E-state index is 6.12. The molecule has 24 heavy (non-hydrogen) atoms. The lowest BCUT2D eigenvalue weighted by Gasteiger charge is -2.24. The van der Waals surface area contributed by atoms with Crippen molar-refractivity contribution in [2.24, 2.45) is 0 Å². The molecule has 2 atom stereocenters. The maximum atomic E-state index is 6.12. The molecule has 0 radical (unpaired) electrons. The van der Waals surface area contributed by atoms with Gasteiger partial charge >= 0.3 is 0 Å². The summed E-state index contributed by atoms with van der Waals surface area (Å²) in [6, 6.07) is 5.59.